The van der Waals surface area contributed by atoms with E-state index in [9.17, 15) is 0 Å². The molecule has 140 valence electrons. The molecular formula is C22H47N. The normalized spacial score (nSPS) is 18.1. The highest BCUT2D eigenvalue weighted by atomic mass is 15.1. The minimum Gasteiger partial charge on any atom is -0.303 e. The van der Waals surface area contributed by atoms with E-state index in [1.165, 1.54) is 77.4 Å². The maximum absolute atomic E-state index is 2.67. The molecule has 0 spiro atoms. The van der Waals surface area contributed by atoms with Crippen molar-refractivity contribution in [2.75, 3.05) is 19.6 Å². The molecule has 1 rings (SSSR count). The molecule has 0 radical (unpaired) electrons. The maximum Gasteiger partial charge on any atom is 0.000439 e. The Morgan fingerprint density at radius 3 is 1.74 bits per heavy atom. The zero-order valence-corrected chi connectivity index (χ0v) is 17.6. The highest BCUT2D eigenvalue weighted by molar-refractivity contribution is 4.85. The van der Waals surface area contributed by atoms with E-state index < -0.39 is 0 Å². The molecular weight excluding hydrogens is 278 g/mol. The van der Waals surface area contributed by atoms with Crippen molar-refractivity contribution < 1.29 is 0 Å². The van der Waals surface area contributed by atoms with E-state index in [-0.39, 0.29) is 0 Å². The summed E-state index contributed by atoms with van der Waals surface area (Å²) in [4.78, 5) is 2.67. The number of hydrogen-bond donors (Lipinski definition) is 0. The maximum atomic E-state index is 2.67. The van der Waals surface area contributed by atoms with E-state index in [2.05, 4.69) is 53.4 Å². The van der Waals surface area contributed by atoms with Crippen molar-refractivity contribution in [2.24, 2.45) is 17.3 Å². The third kappa shape index (κ3) is 11.2. The summed E-state index contributed by atoms with van der Waals surface area (Å²) >= 11 is 0. The highest BCUT2D eigenvalue weighted by Crippen LogP contribution is 2.39. The molecule has 0 bridgehead atoms. The molecule has 1 aliphatic rings. The molecule has 0 N–H and O–H groups in total. The van der Waals surface area contributed by atoms with E-state index in [0.29, 0.717) is 5.41 Å². The van der Waals surface area contributed by atoms with Gasteiger partial charge >= 0.3 is 0 Å². The number of rotatable bonds is 9. The van der Waals surface area contributed by atoms with Gasteiger partial charge in [-0.2, -0.15) is 0 Å². The zero-order chi connectivity index (χ0) is 17.7. The predicted octanol–water partition coefficient (Wildman–Crippen LogP) is 7.16. The Hall–Kier alpha value is -0.0400. The Morgan fingerprint density at radius 1 is 0.826 bits per heavy atom. The first-order valence-corrected chi connectivity index (χ1v) is 10.6. The molecule has 0 saturated carbocycles. The van der Waals surface area contributed by atoms with E-state index in [4.69, 9.17) is 0 Å². The Kier molecular flexibility index (Phi) is 13.3. The molecule has 0 aliphatic carbocycles. The minimum absolute atomic E-state index is 0.698. The second kappa shape index (κ2) is 13.3. The van der Waals surface area contributed by atoms with Crippen LogP contribution in [0.4, 0.5) is 0 Å². The monoisotopic (exact) mass is 325 g/mol. The average Bonchev–Trinajstić information content (AvgIpc) is 2.52. The summed E-state index contributed by atoms with van der Waals surface area (Å²) in [6, 6.07) is 0. The van der Waals surface area contributed by atoms with Gasteiger partial charge in [0.05, 0.1) is 0 Å². The molecule has 0 amide bonds. The summed E-state index contributed by atoms with van der Waals surface area (Å²) in [7, 11) is 0. The molecule has 1 heteroatoms. The Labute approximate surface area is 148 Å². The van der Waals surface area contributed by atoms with Crippen molar-refractivity contribution in [3.8, 4) is 0 Å². The first-order valence-electron chi connectivity index (χ1n) is 10.6. The lowest BCUT2D eigenvalue weighted by Crippen LogP contribution is -2.41. The van der Waals surface area contributed by atoms with Crippen LogP contribution in [0.25, 0.3) is 0 Å². The predicted molar refractivity (Wildman–Crippen MR) is 107 cm³/mol. The number of unbranched alkanes of at least 4 members (excludes halogenated alkanes) is 2. The summed E-state index contributed by atoms with van der Waals surface area (Å²) in [6.45, 7) is 20.1. The second-order valence-corrected chi connectivity index (χ2v) is 8.69. The lowest BCUT2D eigenvalue weighted by atomic mass is 9.72. The standard InChI is InChI=1S/C15H31N.C7H16/c1-5-7-8-15(6-2)9-11-16(12-10-15)13-14(3)4;1-4-5-6-7(2)3/h14H,5-13H2,1-4H3;7H,4-6H2,1-3H3. The molecule has 1 heterocycles. The van der Waals surface area contributed by atoms with Crippen molar-refractivity contribution in [1.29, 1.82) is 0 Å². The van der Waals surface area contributed by atoms with E-state index in [1.807, 2.05) is 0 Å². The lowest BCUT2D eigenvalue weighted by Gasteiger charge is -2.42. The fraction of sp³-hybridized carbons (Fsp3) is 1.00. The van der Waals surface area contributed by atoms with Crippen LogP contribution in [0.2, 0.25) is 0 Å². The Morgan fingerprint density at radius 2 is 1.39 bits per heavy atom. The van der Waals surface area contributed by atoms with E-state index >= 15 is 0 Å². The van der Waals surface area contributed by atoms with Crippen LogP contribution in [-0.4, -0.2) is 24.5 Å². The minimum atomic E-state index is 0.698. The van der Waals surface area contributed by atoms with Crippen molar-refractivity contribution in [3.63, 3.8) is 0 Å². The van der Waals surface area contributed by atoms with E-state index in [0.717, 1.165) is 11.8 Å². The van der Waals surface area contributed by atoms with Gasteiger partial charge < -0.3 is 4.90 Å². The third-order valence-electron chi connectivity index (χ3n) is 5.49. The average molecular weight is 326 g/mol. The van der Waals surface area contributed by atoms with Crippen LogP contribution in [-0.2, 0) is 0 Å². The van der Waals surface area contributed by atoms with Crippen LogP contribution >= 0.6 is 0 Å². The van der Waals surface area contributed by atoms with Gasteiger partial charge in [-0.15, -0.1) is 0 Å². The molecule has 1 aliphatic heterocycles. The summed E-state index contributed by atoms with van der Waals surface area (Å²) < 4.78 is 0. The number of nitrogens with zero attached hydrogens (tertiary/aromatic N) is 1. The van der Waals surface area contributed by atoms with Crippen molar-refractivity contribution in [2.45, 2.75) is 106 Å². The second-order valence-electron chi connectivity index (χ2n) is 8.69. The fourth-order valence-electron chi connectivity index (χ4n) is 3.67. The van der Waals surface area contributed by atoms with Crippen LogP contribution < -0.4 is 0 Å². The van der Waals surface area contributed by atoms with Gasteiger partial charge in [-0.3, -0.25) is 0 Å². The lowest BCUT2D eigenvalue weighted by molar-refractivity contribution is 0.0818. The zero-order valence-electron chi connectivity index (χ0n) is 17.6. The van der Waals surface area contributed by atoms with Gasteiger partial charge in [0, 0.05) is 6.54 Å². The van der Waals surface area contributed by atoms with Crippen molar-refractivity contribution >= 4 is 0 Å². The molecule has 0 unspecified atom stereocenters. The van der Waals surface area contributed by atoms with Crippen LogP contribution in [0.1, 0.15) is 106 Å². The van der Waals surface area contributed by atoms with Gasteiger partial charge in [-0.25, -0.2) is 0 Å². The number of likely N-dealkylation sites (tertiary alicyclic amines) is 1. The topological polar surface area (TPSA) is 3.24 Å². The van der Waals surface area contributed by atoms with Crippen LogP contribution in [0.5, 0.6) is 0 Å². The Bertz CT molecular complexity index is 249. The van der Waals surface area contributed by atoms with Gasteiger partial charge in [0.2, 0.25) is 0 Å². The molecule has 0 aromatic heterocycles. The fourth-order valence-corrected chi connectivity index (χ4v) is 3.67. The van der Waals surface area contributed by atoms with Crippen LogP contribution in [0.3, 0.4) is 0 Å². The molecule has 1 nitrogen and oxygen atoms in total. The van der Waals surface area contributed by atoms with Crippen LogP contribution in [0.15, 0.2) is 0 Å². The van der Waals surface area contributed by atoms with Crippen LogP contribution in [0, 0.1) is 17.3 Å². The molecule has 1 saturated heterocycles. The molecule has 23 heavy (non-hydrogen) atoms. The van der Waals surface area contributed by atoms with Gasteiger partial charge in [-0.05, 0) is 49.6 Å². The number of hydrogen-bond acceptors (Lipinski definition) is 1. The Balaban J connectivity index is 0.000000585. The first-order chi connectivity index (χ1) is 10.9. The smallest absolute Gasteiger partial charge is 0.000439 e. The number of piperidine rings is 1. The van der Waals surface area contributed by atoms with Gasteiger partial charge in [0.15, 0.2) is 0 Å². The molecule has 0 aromatic carbocycles. The molecule has 0 atom stereocenters. The third-order valence-corrected chi connectivity index (χ3v) is 5.49. The summed E-state index contributed by atoms with van der Waals surface area (Å²) in [5.41, 5.74) is 0.698. The SMILES string of the molecule is CCCCC(C)C.CCCCC1(CC)CCN(CC(C)C)CC1. The van der Waals surface area contributed by atoms with Crippen molar-refractivity contribution in [1.82, 2.24) is 4.90 Å². The highest BCUT2D eigenvalue weighted by Gasteiger charge is 2.32. The summed E-state index contributed by atoms with van der Waals surface area (Å²) in [5.74, 6) is 1.73. The van der Waals surface area contributed by atoms with Gasteiger partial charge in [0.25, 0.3) is 0 Å². The summed E-state index contributed by atoms with van der Waals surface area (Å²) in [6.07, 6.45) is 12.7. The first kappa shape index (κ1) is 23.0. The molecule has 0 aromatic rings. The quantitative estimate of drug-likeness (QED) is 0.435. The van der Waals surface area contributed by atoms with Crippen molar-refractivity contribution in [3.05, 3.63) is 0 Å². The molecule has 1 fully saturated rings. The van der Waals surface area contributed by atoms with E-state index in [1.54, 1.807) is 0 Å². The van der Waals surface area contributed by atoms with Gasteiger partial charge in [0.1, 0.15) is 0 Å². The largest absolute Gasteiger partial charge is 0.303 e. The van der Waals surface area contributed by atoms with Gasteiger partial charge in [-0.1, -0.05) is 87.0 Å². The summed E-state index contributed by atoms with van der Waals surface area (Å²) in [5, 5.41) is 0.